The molecule has 1 aromatic rings. The Morgan fingerprint density at radius 1 is 1.00 bits per heavy atom. The largest absolute Gasteiger partial charge is 0.496 e. The maximum Gasteiger partial charge on any atom is 0.342 e. The van der Waals surface area contributed by atoms with Gasteiger partial charge in [0, 0.05) is 25.2 Å². The number of methoxy groups -OCH3 is 1. The number of carbonyl (C=O) groups is 2. The second-order valence-corrected chi connectivity index (χ2v) is 10.6. The zero-order chi connectivity index (χ0) is 23.3. The van der Waals surface area contributed by atoms with Crippen molar-refractivity contribution in [3.05, 3.63) is 23.8 Å². The number of amides is 1. The fourth-order valence-electron chi connectivity index (χ4n) is 4.63. The first-order valence-corrected chi connectivity index (χ1v) is 12.9. The lowest BCUT2D eigenvalue weighted by Gasteiger charge is -2.38. The third-order valence-corrected chi connectivity index (χ3v) is 8.30. The normalized spacial score (nSPS) is 22.8. The van der Waals surface area contributed by atoms with Gasteiger partial charge in [-0.25, -0.2) is 13.2 Å². The first-order chi connectivity index (χ1) is 15.3. The molecule has 2 saturated heterocycles. The second kappa shape index (κ2) is 10.7. The van der Waals surface area contributed by atoms with Gasteiger partial charge < -0.3 is 14.4 Å². The fourth-order valence-corrected chi connectivity index (χ4v) is 6.17. The molecule has 8 nitrogen and oxygen atoms in total. The van der Waals surface area contributed by atoms with Crippen LogP contribution in [0.3, 0.4) is 0 Å². The summed E-state index contributed by atoms with van der Waals surface area (Å²) >= 11 is 0. The third-order valence-electron chi connectivity index (χ3n) is 6.40. The van der Waals surface area contributed by atoms with Crippen LogP contribution in [0.25, 0.3) is 0 Å². The number of carbonyl (C=O) groups excluding carboxylic acids is 2. The number of hydrogen-bond donors (Lipinski definition) is 0. The predicted octanol–water partition coefficient (Wildman–Crippen LogP) is 3.21. The van der Waals surface area contributed by atoms with Gasteiger partial charge in [-0.2, -0.15) is 4.31 Å². The van der Waals surface area contributed by atoms with Crippen LogP contribution in [-0.2, 0) is 19.6 Å². The van der Waals surface area contributed by atoms with Crippen molar-refractivity contribution in [2.75, 3.05) is 26.8 Å². The summed E-state index contributed by atoms with van der Waals surface area (Å²) in [6.07, 6.45) is 6.58. The maximum absolute atomic E-state index is 13.1. The van der Waals surface area contributed by atoms with Crippen LogP contribution in [0.5, 0.6) is 5.75 Å². The van der Waals surface area contributed by atoms with Gasteiger partial charge in [-0.1, -0.05) is 12.8 Å². The molecule has 2 aliphatic heterocycles. The fraction of sp³-hybridized carbons (Fsp3) is 0.652. The molecule has 0 aliphatic carbocycles. The average Bonchev–Trinajstić information content (AvgIpc) is 3.07. The van der Waals surface area contributed by atoms with E-state index in [4.69, 9.17) is 9.47 Å². The van der Waals surface area contributed by atoms with Gasteiger partial charge >= 0.3 is 5.97 Å². The molecule has 178 valence electrons. The summed E-state index contributed by atoms with van der Waals surface area (Å²) < 4.78 is 38.3. The predicted molar refractivity (Wildman–Crippen MR) is 120 cm³/mol. The van der Waals surface area contributed by atoms with Crippen LogP contribution in [-0.4, -0.2) is 68.4 Å². The second-order valence-electron chi connectivity index (χ2n) is 8.69. The Morgan fingerprint density at radius 2 is 1.62 bits per heavy atom. The minimum absolute atomic E-state index is 0.00376. The maximum atomic E-state index is 13.1. The Kier molecular flexibility index (Phi) is 8.16. The zero-order valence-corrected chi connectivity index (χ0v) is 20.0. The molecule has 1 aromatic carbocycles. The highest BCUT2D eigenvalue weighted by Gasteiger charge is 2.31. The van der Waals surface area contributed by atoms with Gasteiger partial charge in [-0.05, 0) is 64.2 Å². The van der Waals surface area contributed by atoms with E-state index in [0.29, 0.717) is 13.1 Å². The summed E-state index contributed by atoms with van der Waals surface area (Å²) in [7, 11) is -2.33. The molecule has 2 unspecified atom stereocenters. The monoisotopic (exact) mass is 466 g/mol. The summed E-state index contributed by atoms with van der Waals surface area (Å²) in [4.78, 5) is 27.3. The van der Waals surface area contributed by atoms with E-state index >= 15 is 0 Å². The van der Waals surface area contributed by atoms with Crippen LogP contribution < -0.4 is 4.74 Å². The van der Waals surface area contributed by atoms with E-state index in [-0.39, 0.29) is 40.8 Å². The van der Waals surface area contributed by atoms with Crippen LogP contribution in [0, 0.1) is 0 Å². The van der Waals surface area contributed by atoms with Gasteiger partial charge in [0.1, 0.15) is 11.3 Å². The van der Waals surface area contributed by atoms with E-state index in [2.05, 4.69) is 0 Å². The number of nitrogens with zero attached hydrogens (tertiary/aromatic N) is 2. The minimum atomic E-state index is -3.73. The van der Waals surface area contributed by atoms with Crippen LogP contribution in [0.4, 0.5) is 0 Å². The molecule has 2 atom stereocenters. The summed E-state index contributed by atoms with van der Waals surface area (Å²) in [5.74, 6) is -0.817. The number of hydrogen-bond acceptors (Lipinski definition) is 6. The van der Waals surface area contributed by atoms with Crippen molar-refractivity contribution < 1.29 is 27.5 Å². The van der Waals surface area contributed by atoms with E-state index < -0.39 is 16.0 Å². The van der Waals surface area contributed by atoms with Crippen LogP contribution >= 0.6 is 0 Å². The molecule has 2 heterocycles. The molecule has 0 bridgehead atoms. The first kappa shape index (κ1) is 24.5. The van der Waals surface area contributed by atoms with Crippen molar-refractivity contribution in [1.29, 1.82) is 0 Å². The number of benzene rings is 1. The molecule has 2 aliphatic rings. The highest BCUT2D eigenvalue weighted by molar-refractivity contribution is 7.89. The van der Waals surface area contributed by atoms with Gasteiger partial charge in [0.05, 0.1) is 12.0 Å². The molecule has 0 spiro atoms. The van der Waals surface area contributed by atoms with Crippen molar-refractivity contribution in [3.63, 3.8) is 0 Å². The van der Waals surface area contributed by atoms with Crippen molar-refractivity contribution in [1.82, 2.24) is 9.21 Å². The lowest BCUT2D eigenvalue weighted by molar-refractivity contribution is -0.140. The van der Waals surface area contributed by atoms with E-state index in [1.54, 1.807) is 4.90 Å². The highest BCUT2D eigenvalue weighted by atomic mass is 32.2. The van der Waals surface area contributed by atoms with E-state index in [0.717, 1.165) is 44.9 Å². The van der Waals surface area contributed by atoms with Crippen LogP contribution in [0.15, 0.2) is 23.1 Å². The van der Waals surface area contributed by atoms with Gasteiger partial charge in [0.2, 0.25) is 10.0 Å². The van der Waals surface area contributed by atoms with Gasteiger partial charge in [0.25, 0.3) is 5.91 Å². The number of sulfonamides is 1. The van der Waals surface area contributed by atoms with E-state index in [9.17, 15) is 18.0 Å². The number of likely N-dealkylation sites (tertiary alicyclic amines) is 1. The average molecular weight is 467 g/mol. The molecule has 9 heteroatoms. The number of rotatable bonds is 6. The molecule has 0 radical (unpaired) electrons. The van der Waals surface area contributed by atoms with Crippen LogP contribution in [0.1, 0.15) is 69.2 Å². The third kappa shape index (κ3) is 5.43. The lowest BCUT2D eigenvalue weighted by Crippen LogP contribution is -2.49. The van der Waals surface area contributed by atoms with Crippen molar-refractivity contribution in [3.8, 4) is 5.75 Å². The van der Waals surface area contributed by atoms with Gasteiger partial charge in [-0.15, -0.1) is 0 Å². The van der Waals surface area contributed by atoms with E-state index in [1.165, 1.54) is 29.6 Å². The standard InChI is InChI=1S/C23H34N2O6S/c1-17-9-8-10-18(2)25(17)22(26)16-31-23(27)20-15-19(11-12-21(20)30-3)32(28,29)24-13-6-4-5-7-14-24/h11-12,15,17-18H,4-10,13-14,16H2,1-3H3. The van der Waals surface area contributed by atoms with Gasteiger partial charge in [-0.3, -0.25) is 4.79 Å². The van der Waals surface area contributed by atoms with Gasteiger partial charge in [0.15, 0.2) is 6.61 Å². The number of esters is 1. The van der Waals surface area contributed by atoms with Crippen LogP contribution in [0.2, 0.25) is 0 Å². The lowest BCUT2D eigenvalue weighted by atomic mass is 9.97. The Hall–Kier alpha value is -2.13. The highest BCUT2D eigenvalue weighted by Crippen LogP contribution is 2.27. The summed E-state index contributed by atoms with van der Waals surface area (Å²) in [6, 6.07) is 4.39. The Labute approximate surface area is 190 Å². The zero-order valence-electron chi connectivity index (χ0n) is 19.2. The smallest absolute Gasteiger partial charge is 0.342 e. The summed E-state index contributed by atoms with van der Waals surface area (Å²) in [6.45, 7) is 4.54. The topological polar surface area (TPSA) is 93.2 Å². The van der Waals surface area contributed by atoms with Crippen molar-refractivity contribution in [2.24, 2.45) is 0 Å². The molecular weight excluding hydrogens is 432 g/mol. The molecule has 2 fully saturated rings. The number of ether oxygens (including phenoxy) is 2. The molecule has 0 aromatic heterocycles. The SMILES string of the molecule is COc1ccc(S(=O)(=O)N2CCCCCC2)cc1C(=O)OCC(=O)N1C(C)CCCC1C. The molecule has 3 rings (SSSR count). The first-order valence-electron chi connectivity index (χ1n) is 11.4. The Balaban J connectivity index is 1.76. The molecule has 0 N–H and O–H groups in total. The number of piperidine rings is 1. The Morgan fingerprint density at radius 3 is 2.22 bits per heavy atom. The molecular formula is C23H34N2O6S. The summed E-state index contributed by atoms with van der Waals surface area (Å²) in [5, 5.41) is 0. The minimum Gasteiger partial charge on any atom is -0.496 e. The molecule has 0 saturated carbocycles. The molecule has 1 amide bonds. The van der Waals surface area contributed by atoms with Crippen molar-refractivity contribution in [2.45, 2.75) is 75.8 Å². The Bertz CT molecular complexity index is 914. The van der Waals surface area contributed by atoms with Crippen molar-refractivity contribution >= 4 is 21.9 Å². The van der Waals surface area contributed by atoms with E-state index in [1.807, 2.05) is 13.8 Å². The quantitative estimate of drug-likeness (QED) is 0.598. The molecule has 32 heavy (non-hydrogen) atoms. The summed E-state index contributed by atoms with van der Waals surface area (Å²) in [5.41, 5.74) is -0.00376.